The first-order chi connectivity index (χ1) is 7.86. The van der Waals surface area contributed by atoms with Gasteiger partial charge in [-0.15, -0.1) is 0 Å². The summed E-state index contributed by atoms with van der Waals surface area (Å²) in [4.78, 5) is 2.57. The Morgan fingerprint density at radius 2 is 1.06 bits per heavy atom. The van der Waals surface area contributed by atoms with Gasteiger partial charge in [-0.1, -0.05) is 48.2 Å². The molecule has 0 saturated carbocycles. The third-order valence-electron chi connectivity index (χ3n) is 1.72. The van der Waals surface area contributed by atoms with Crippen molar-refractivity contribution >= 4 is 19.4 Å². The third kappa shape index (κ3) is 8.77. The molecule has 0 aliphatic heterocycles. The summed E-state index contributed by atoms with van der Waals surface area (Å²) in [5.74, 6) is 0. The molecule has 0 saturated heterocycles. The van der Waals surface area contributed by atoms with Gasteiger partial charge in [0.2, 0.25) is 0 Å². The molecule has 0 atom stereocenters. The van der Waals surface area contributed by atoms with Crippen molar-refractivity contribution in [3.8, 4) is 0 Å². The first-order valence-electron chi connectivity index (χ1n) is 4.75. The van der Waals surface area contributed by atoms with Gasteiger partial charge in [0.15, 0.2) is 0 Å². The minimum atomic E-state index is 0. The van der Waals surface area contributed by atoms with Crippen molar-refractivity contribution in [2.45, 2.75) is 9.79 Å². The van der Waals surface area contributed by atoms with E-state index in [4.69, 9.17) is 10.0 Å². The largest absolute Gasteiger partial charge is 1.00 e. The van der Waals surface area contributed by atoms with Crippen molar-refractivity contribution in [1.29, 1.82) is 0 Å². The molecular formula is C12H15BNaO3S. The molecule has 0 unspecified atom stereocenters. The van der Waals surface area contributed by atoms with Crippen molar-refractivity contribution in [1.82, 2.24) is 0 Å². The second-order valence-electron chi connectivity index (χ2n) is 2.84. The molecular weight excluding hydrogens is 258 g/mol. The van der Waals surface area contributed by atoms with Gasteiger partial charge in [-0.2, -0.15) is 0 Å². The zero-order chi connectivity index (χ0) is 11.6. The molecule has 0 aromatic heterocycles. The predicted molar refractivity (Wildman–Crippen MR) is 71.9 cm³/mol. The fourth-order valence-corrected chi connectivity index (χ4v) is 1.97. The third-order valence-corrected chi connectivity index (χ3v) is 2.74. The Balaban J connectivity index is -0.000000393. The van der Waals surface area contributed by atoms with E-state index in [0.29, 0.717) is 0 Å². The van der Waals surface area contributed by atoms with E-state index in [2.05, 4.69) is 48.5 Å². The minimum absolute atomic E-state index is 0. The van der Waals surface area contributed by atoms with Gasteiger partial charge in [0.1, 0.15) is 0 Å². The monoisotopic (exact) mass is 273 g/mol. The van der Waals surface area contributed by atoms with Gasteiger partial charge in [0.25, 0.3) is 0 Å². The Kier molecular flexibility index (Phi) is 14.7. The molecule has 2 aromatic rings. The van der Waals surface area contributed by atoms with Crippen molar-refractivity contribution < 1.29 is 46.5 Å². The molecule has 0 aliphatic carbocycles. The van der Waals surface area contributed by atoms with Crippen LogP contribution in [0.1, 0.15) is 1.43 Å². The van der Waals surface area contributed by atoms with E-state index in [1.165, 1.54) is 9.79 Å². The molecule has 4 N–H and O–H groups in total. The van der Waals surface area contributed by atoms with Crippen LogP contribution in [0.5, 0.6) is 0 Å². The van der Waals surface area contributed by atoms with Crippen molar-refractivity contribution in [3.63, 3.8) is 0 Å². The summed E-state index contributed by atoms with van der Waals surface area (Å²) in [6.45, 7) is 0. The van der Waals surface area contributed by atoms with Crippen LogP contribution in [0.3, 0.4) is 0 Å². The van der Waals surface area contributed by atoms with E-state index in [1.807, 2.05) is 12.1 Å². The summed E-state index contributed by atoms with van der Waals surface area (Å²) in [5, 5.41) is 14.0. The van der Waals surface area contributed by atoms with E-state index in [9.17, 15) is 0 Å². The Hall–Kier alpha value is -0.265. The van der Waals surface area contributed by atoms with Crippen molar-refractivity contribution in [2.75, 3.05) is 0 Å². The molecule has 0 heterocycles. The number of hydrogen-bond donors (Lipinski definition) is 2. The molecule has 91 valence electrons. The molecule has 0 bridgehead atoms. The van der Waals surface area contributed by atoms with Gasteiger partial charge in [-0.25, -0.2) is 0 Å². The van der Waals surface area contributed by atoms with Crippen LogP contribution in [0.2, 0.25) is 0 Å². The molecule has 1 radical (unpaired) electrons. The molecule has 0 aliphatic rings. The average Bonchev–Trinajstić information content (AvgIpc) is 2.33. The zero-order valence-corrected chi connectivity index (χ0v) is 13.0. The van der Waals surface area contributed by atoms with Crippen LogP contribution in [0.25, 0.3) is 0 Å². The average molecular weight is 273 g/mol. The zero-order valence-electron chi connectivity index (χ0n) is 11.2. The Morgan fingerprint density at radius 1 is 0.778 bits per heavy atom. The predicted octanol–water partition coefficient (Wildman–Crippen LogP) is -1.37. The van der Waals surface area contributed by atoms with Crippen LogP contribution in [-0.2, 0) is 0 Å². The standard InChI is InChI=1S/C12H10S.BH2O2.Na.H2O.H/c1-3-7-11(8-4-1)13-12-9-5-2-6-10-12;2-1-3;;;/h1-10H;2-3H;;1H2;/q;;+1;;-1. The van der Waals surface area contributed by atoms with Gasteiger partial charge in [0, 0.05) is 9.79 Å². The van der Waals surface area contributed by atoms with Gasteiger partial charge in [-0.3, -0.25) is 0 Å². The molecule has 6 heteroatoms. The molecule has 2 aromatic carbocycles. The van der Waals surface area contributed by atoms with Gasteiger partial charge in [0.05, 0.1) is 0 Å². The number of hydrogen-bond acceptors (Lipinski definition) is 3. The summed E-state index contributed by atoms with van der Waals surface area (Å²) in [5.41, 5.74) is 0. The summed E-state index contributed by atoms with van der Waals surface area (Å²) in [7, 11) is 0. The van der Waals surface area contributed by atoms with Crippen LogP contribution in [0, 0.1) is 0 Å². The first kappa shape index (κ1) is 20.1. The molecule has 3 nitrogen and oxygen atoms in total. The maximum Gasteiger partial charge on any atom is 1.00 e. The van der Waals surface area contributed by atoms with Crippen molar-refractivity contribution in [2.24, 2.45) is 0 Å². The summed E-state index contributed by atoms with van der Waals surface area (Å²) < 4.78 is 0. The molecule has 0 fully saturated rings. The molecule has 0 spiro atoms. The molecule has 18 heavy (non-hydrogen) atoms. The number of benzene rings is 2. The Morgan fingerprint density at radius 3 is 1.33 bits per heavy atom. The van der Waals surface area contributed by atoms with Gasteiger partial charge < -0.3 is 17.0 Å². The Labute approximate surface area is 136 Å². The summed E-state index contributed by atoms with van der Waals surface area (Å²) in [6.07, 6.45) is 0. The van der Waals surface area contributed by atoms with E-state index in [-0.39, 0.29) is 44.1 Å². The van der Waals surface area contributed by atoms with E-state index >= 15 is 0 Å². The fraction of sp³-hybridized carbons (Fsp3) is 0. The van der Waals surface area contributed by atoms with Crippen LogP contribution in [0.15, 0.2) is 70.5 Å². The Bertz CT molecular complexity index is 357. The minimum Gasteiger partial charge on any atom is -1.00 e. The van der Waals surface area contributed by atoms with Crippen LogP contribution >= 0.6 is 11.8 Å². The maximum absolute atomic E-state index is 7.00. The maximum atomic E-state index is 7.00. The SMILES string of the molecule is O.O[B]O.[H-].[Na+].c1ccc(Sc2ccccc2)cc1. The van der Waals surface area contributed by atoms with E-state index in [1.54, 1.807) is 11.8 Å². The molecule has 0 amide bonds. The first-order valence-corrected chi connectivity index (χ1v) is 5.56. The van der Waals surface area contributed by atoms with Crippen LogP contribution in [-0.4, -0.2) is 23.2 Å². The summed E-state index contributed by atoms with van der Waals surface area (Å²) in [6, 6.07) is 20.8. The quantitative estimate of drug-likeness (QED) is 0.663. The summed E-state index contributed by atoms with van der Waals surface area (Å²) >= 11 is 1.79. The van der Waals surface area contributed by atoms with Crippen LogP contribution in [0.4, 0.5) is 0 Å². The van der Waals surface area contributed by atoms with E-state index < -0.39 is 0 Å². The number of rotatable bonds is 2. The smallest absolute Gasteiger partial charge is 1.00 e. The normalized spacial score (nSPS) is 7.89. The van der Waals surface area contributed by atoms with E-state index in [0.717, 1.165) is 0 Å². The van der Waals surface area contributed by atoms with Gasteiger partial charge >= 0.3 is 37.2 Å². The molecule has 2 rings (SSSR count). The van der Waals surface area contributed by atoms with Crippen LogP contribution < -0.4 is 29.6 Å². The fourth-order valence-electron chi connectivity index (χ4n) is 1.11. The van der Waals surface area contributed by atoms with Crippen molar-refractivity contribution in [3.05, 3.63) is 60.7 Å². The second-order valence-corrected chi connectivity index (χ2v) is 3.99. The topological polar surface area (TPSA) is 72.0 Å². The van der Waals surface area contributed by atoms with Gasteiger partial charge in [-0.05, 0) is 24.3 Å². The second kappa shape index (κ2) is 13.2.